The Morgan fingerprint density at radius 1 is 1.26 bits per heavy atom. The van der Waals surface area contributed by atoms with Crippen LogP contribution < -0.4 is 10.2 Å². The second kappa shape index (κ2) is 5.97. The standard InChI is InChI=1S/C13H14BrFN4/c1-3-19(10-6-4-9(15)5-7-10)13-11(14)12(16-2)17-8-18-13/h4-8H,3H2,1-2H3,(H,16,17,18). The fraction of sp³-hybridized carbons (Fsp3) is 0.231. The number of anilines is 3. The van der Waals surface area contributed by atoms with E-state index in [1.54, 1.807) is 19.2 Å². The molecule has 100 valence electrons. The van der Waals surface area contributed by atoms with Gasteiger partial charge in [-0.1, -0.05) is 0 Å². The zero-order valence-corrected chi connectivity index (χ0v) is 12.3. The molecule has 4 nitrogen and oxygen atoms in total. The van der Waals surface area contributed by atoms with E-state index in [2.05, 4.69) is 31.2 Å². The zero-order valence-electron chi connectivity index (χ0n) is 10.7. The lowest BCUT2D eigenvalue weighted by molar-refractivity contribution is 0.627. The van der Waals surface area contributed by atoms with Crippen LogP contribution >= 0.6 is 15.9 Å². The van der Waals surface area contributed by atoms with Crippen molar-refractivity contribution in [1.29, 1.82) is 0 Å². The molecule has 2 aromatic rings. The van der Waals surface area contributed by atoms with Crippen molar-refractivity contribution in [2.75, 3.05) is 23.8 Å². The number of nitrogens with zero attached hydrogens (tertiary/aromatic N) is 3. The van der Waals surface area contributed by atoms with E-state index >= 15 is 0 Å². The molecule has 0 saturated heterocycles. The molecule has 0 bridgehead atoms. The van der Waals surface area contributed by atoms with Crippen molar-refractivity contribution in [1.82, 2.24) is 9.97 Å². The summed E-state index contributed by atoms with van der Waals surface area (Å²) in [5.74, 6) is 1.21. The van der Waals surface area contributed by atoms with Gasteiger partial charge in [-0.25, -0.2) is 14.4 Å². The molecule has 0 amide bonds. The van der Waals surface area contributed by atoms with E-state index in [9.17, 15) is 4.39 Å². The van der Waals surface area contributed by atoms with Crippen molar-refractivity contribution in [2.45, 2.75) is 6.92 Å². The lowest BCUT2D eigenvalue weighted by Gasteiger charge is -2.23. The lowest BCUT2D eigenvalue weighted by atomic mass is 10.2. The first kappa shape index (κ1) is 13.7. The van der Waals surface area contributed by atoms with Gasteiger partial charge in [-0.15, -0.1) is 0 Å². The quantitative estimate of drug-likeness (QED) is 0.933. The Bertz CT molecular complexity index is 559. The van der Waals surface area contributed by atoms with Gasteiger partial charge in [-0.3, -0.25) is 0 Å². The van der Waals surface area contributed by atoms with Crippen LogP contribution in [0.4, 0.5) is 21.7 Å². The van der Waals surface area contributed by atoms with Crippen molar-refractivity contribution in [2.24, 2.45) is 0 Å². The molecule has 0 aliphatic rings. The summed E-state index contributed by atoms with van der Waals surface area (Å²) in [6.07, 6.45) is 1.50. The van der Waals surface area contributed by atoms with E-state index < -0.39 is 0 Å². The third-order valence-electron chi connectivity index (χ3n) is 2.72. The number of aromatic nitrogens is 2. The molecule has 0 unspecified atom stereocenters. The average Bonchev–Trinajstić information content (AvgIpc) is 2.43. The minimum absolute atomic E-state index is 0.252. The van der Waals surface area contributed by atoms with Crippen LogP contribution in [0.15, 0.2) is 35.1 Å². The normalized spacial score (nSPS) is 10.3. The maximum absolute atomic E-state index is 13.0. The predicted molar refractivity (Wildman–Crippen MR) is 78.4 cm³/mol. The molecule has 1 aromatic heterocycles. The summed E-state index contributed by atoms with van der Waals surface area (Å²) in [7, 11) is 1.80. The summed E-state index contributed by atoms with van der Waals surface area (Å²) >= 11 is 3.49. The topological polar surface area (TPSA) is 41.1 Å². The highest BCUT2D eigenvalue weighted by Crippen LogP contribution is 2.33. The first-order valence-electron chi connectivity index (χ1n) is 5.88. The van der Waals surface area contributed by atoms with Gasteiger partial charge in [0.15, 0.2) is 5.82 Å². The number of benzene rings is 1. The SMILES string of the molecule is CCN(c1ccc(F)cc1)c1ncnc(NC)c1Br. The monoisotopic (exact) mass is 324 g/mol. The predicted octanol–water partition coefficient (Wildman–Crippen LogP) is 3.58. The number of halogens is 2. The highest BCUT2D eigenvalue weighted by molar-refractivity contribution is 9.10. The van der Waals surface area contributed by atoms with Gasteiger partial charge < -0.3 is 10.2 Å². The molecule has 0 spiro atoms. The molecule has 1 N–H and O–H groups in total. The van der Waals surface area contributed by atoms with Crippen LogP contribution in [0.3, 0.4) is 0 Å². The first-order valence-corrected chi connectivity index (χ1v) is 6.68. The van der Waals surface area contributed by atoms with Crippen molar-refractivity contribution in [3.63, 3.8) is 0 Å². The Balaban J connectivity index is 2.45. The van der Waals surface area contributed by atoms with Crippen LogP contribution in [0, 0.1) is 5.82 Å². The van der Waals surface area contributed by atoms with Crippen molar-refractivity contribution < 1.29 is 4.39 Å². The highest BCUT2D eigenvalue weighted by atomic mass is 79.9. The molecule has 0 saturated carbocycles. The Kier molecular flexibility index (Phi) is 4.31. The number of hydrogen-bond acceptors (Lipinski definition) is 4. The molecular formula is C13H14BrFN4. The maximum Gasteiger partial charge on any atom is 0.152 e. The molecule has 0 fully saturated rings. The minimum Gasteiger partial charge on any atom is -0.372 e. The van der Waals surface area contributed by atoms with Crippen molar-refractivity contribution in [3.8, 4) is 0 Å². The molecule has 0 aliphatic carbocycles. The molecule has 1 aromatic carbocycles. The van der Waals surface area contributed by atoms with Gasteiger partial charge in [-0.2, -0.15) is 0 Å². The van der Waals surface area contributed by atoms with Gasteiger partial charge in [0.1, 0.15) is 22.4 Å². The number of nitrogens with one attached hydrogen (secondary N) is 1. The third-order valence-corrected chi connectivity index (χ3v) is 3.45. The van der Waals surface area contributed by atoms with E-state index in [0.29, 0.717) is 12.4 Å². The lowest BCUT2D eigenvalue weighted by Crippen LogP contribution is -2.18. The number of rotatable bonds is 4. The zero-order chi connectivity index (χ0) is 13.8. The van der Waals surface area contributed by atoms with E-state index in [4.69, 9.17) is 0 Å². The Hall–Kier alpha value is -1.69. The minimum atomic E-state index is -0.252. The van der Waals surface area contributed by atoms with Gasteiger partial charge in [0, 0.05) is 19.3 Å². The van der Waals surface area contributed by atoms with Crippen molar-refractivity contribution >= 4 is 33.3 Å². The Morgan fingerprint density at radius 3 is 2.53 bits per heavy atom. The molecule has 0 radical (unpaired) electrons. The van der Waals surface area contributed by atoms with E-state index in [1.807, 2.05) is 11.8 Å². The second-order valence-electron chi connectivity index (χ2n) is 3.83. The largest absolute Gasteiger partial charge is 0.372 e. The molecule has 6 heteroatoms. The van der Waals surface area contributed by atoms with Gasteiger partial charge in [0.25, 0.3) is 0 Å². The summed E-state index contributed by atoms with van der Waals surface area (Å²) in [5.41, 5.74) is 0.880. The first-order chi connectivity index (χ1) is 9.17. The fourth-order valence-electron chi connectivity index (χ4n) is 1.80. The van der Waals surface area contributed by atoms with Crippen molar-refractivity contribution in [3.05, 3.63) is 40.9 Å². The summed E-state index contributed by atoms with van der Waals surface area (Å²) in [5, 5.41) is 2.99. The fourth-order valence-corrected chi connectivity index (χ4v) is 2.42. The molecular weight excluding hydrogens is 311 g/mol. The second-order valence-corrected chi connectivity index (χ2v) is 4.62. The Labute approximate surface area is 119 Å². The molecule has 19 heavy (non-hydrogen) atoms. The summed E-state index contributed by atoms with van der Waals surface area (Å²) in [6.45, 7) is 2.72. The van der Waals surface area contributed by atoms with Crippen LogP contribution in [0.25, 0.3) is 0 Å². The third kappa shape index (κ3) is 2.84. The van der Waals surface area contributed by atoms with Crippen LogP contribution in [-0.2, 0) is 0 Å². The van der Waals surface area contributed by atoms with Crippen LogP contribution in [-0.4, -0.2) is 23.6 Å². The van der Waals surface area contributed by atoms with E-state index in [1.165, 1.54) is 18.5 Å². The molecule has 0 aliphatic heterocycles. The average molecular weight is 325 g/mol. The van der Waals surface area contributed by atoms with Gasteiger partial charge in [-0.05, 0) is 47.1 Å². The van der Waals surface area contributed by atoms with Gasteiger partial charge >= 0.3 is 0 Å². The molecule has 2 rings (SSSR count). The Morgan fingerprint density at radius 2 is 1.95 bits per heavy atom. The van der Waals surface area contributed by atoms with Crippen LogP contribution in [0.1, 0.15) is 6.92 Å². The van der Waals surface area contributed by atoms with Gasteiger partial charge in [0.2, 0.25) is 0 Å². The van der Waals surface area contributed by atoms with Crippen LogP contribution in [0.5, 0.6) is 0 Å². The number of hydrogen-bond donors (Lipinski definition) is 1. The highest BCUT2D eigenvalue weighted by Gasteiger charge is 2.15. The van der Waals surface area contributed by atoms with Gasteiger partial charge in [0.05, 0.1) is 0 Å². The van der Waals surface area contributed by atoms with E-state index in [-0.39, 0.29) is 5.82 Å². The summed E-state index contributed by atoms with van der Waals surface area (Å²) in [6, 6.07) is 6.33. The summed E-state index contributed by atoms with van der Waals surface area (Å²) in [4.78, 5) is 10.4. The smallest absolute Gasteiger partial charge is 0.152 e. The summed E-state index contributed by atoms with van der Waals surface area (Å²) < 4.78 is 13.8. The molecule has 1 heterocycles. The van der Waals surface area contributed by atoms with E-state index in [0.717, 1.165) is 16.0 Å². The van der Waals surface area contributed by atoms with Crippen LogP contribution in [0.2, 0.25) is 0 Å². The maximum atomic E-state index is 13.0. The molecule has 0 atom stereocenters.